The molecule has 160 valence electrons. The minimum absolute atomic E-state index is 0.0300. The molecule has 0 aliphatic carbocycles. The highest BCUT2D eigenvalue weighted by molar-refractivity contribution is 7.89. The molecule has 1 fully saturated rings. The van der Waals surface area contributed by atoms with Gasteiger partial charge in [0.15, 0.2) is 5.41 Å². The quantitative estimate of drug-likeness (QED) is 0.589. The molecule has 3 rings (SSSR count). The van der Waals surface area contributed by atoms with E-state index in [2.05, 4.69) is 15.1 Å². The monoisotopic (exact) mass is 434 g/mol. The Kier molecular flexibility index (Phi) is 6.24. The van der Waals surface area contributed by atoms with E-state index in [9.17, 15) is 21.6 Å². The number of ether oxygens (including phenoxy) is 1. The number of pyridine rings is 1. The summed E-state index contributed by atoms with van der Waals surface area (Å²) >= 11 is 0. The fourth-order valence-electron chi connectivity index (χ4n) is 3.23. The van der Waals surface area contributed by atoms with Crippen molar-refractivity contribution in [1.29, 1.82) is 0 Å². The average Bonchev–Trinajstić information content (AvgIpc) is 3.34. The Bertz CT molecular complexity index is 920. The molecule has 3 heterocycles. The van der Waals surface area contributed by atoms with Gasteiger partial charge in [0.1, 0.15) is 0 Å². The first-order valence-electron chi connectivity index (χ1n) is 8.98. The highest BCUT2D eigenvalue weighted by atomic mass is 32.2. The maximum atomic E-state index is 14.0. The van der Waals surface area contributed by atoms with Gasteiger partial charge in [-0.15, -0.1) is 0 Å². The van der Waals surface area contributed by atoms with Crippen LogP contribution in [-0.2, 0) is 20.2 Å². The third-order valence-corrected chi connectivity index (χ3v) is 6.83. The van der Waals surface area contributed by atoms with Crippen LogP contribution in [0.15, 0.2) is 29.0 Å². The van der Waals surface area contributed by atoms with Crippen molar-refractivity contribution in [2.24, 2.45) is 0 Å². The minimum Gasteiger partial charge on any atom is -0.385 e. The van der Waals surface area contributed by atoms with Gasteiger partial charge in [-0.05, 0) is 31.4 Å². The highest BCUT2D eigenvalue weighted by Crippen LogP contribution is 2.48. The van der Waals surface area contributed by atoms with Gasteiger partial charge < -0.3 is 9.26 Å². The highest BCUT2D eigenvalue weighted by Gasteiger charge is 2.64. The SMILES string of the molecule is COCCCCS(=O)(=O)N1CCC(c2nc(-c3cccnc3)no2)(C(F)(F)F)C1. The van der Waals surface area contributed by atoms with Crippen LogP contribution in [0.5, 0.6) is 0 Å². The van der Waals surface area contributed by atoms with Gasteiger partial charge in [-0.1, -0.05) is 5.16 Å². The van der Waals surface area contributed by atoms with E-state index in [1.807, 2.05) is 0 Å². The summed E-state index contributed by atoms with van der Waals surface area (Å²) in [7, 11) is -2.35. The molecule has 2 aromatic heterocycles. The predicted octanol–water partition coefficient (Wildman–Crippen LogP) is 2.39. The topological polar surface area (TPSA) is 98.4 Å². The number of hydrogen-bond acceptors (Lipinski definition) is 7. The van der Waals surface area contributed by atoms with Crippen LogP contribution in [0.3, 0.4) is 0 Å². The molecule has 0 spiro atoms. The molecule has 0 radical (unpaired) electrons. The first-order valence-corrected chi connectivity index (χ1v) is 10.6. The second-order valence-electron chi connectivity index (χ2n) is 6.84. The summed E-state index contributed by atoms with van der Waals surface area (Å²) in [5, 5.41) is 3.64. The number of hydrogen-bond donors (Lipinski definition) is 0. The van der Waals surface area contributed by atoms with Gasteiger partial charge in [0, 0.05) is 44.8 Å². The van der Waals surface area contributed by atoms with Gasteiger partial charge in [0.25, 0.3) is 0 Å². The smallest absolute Gasteiger partial charge is 0.385 e. The molecule has 0 amide bonds. The second-order valence-corrected chi connectivity index (χ2v) is 8.93. The molecule has 1 aliphatic rings. The molecule has 2 aromatic rings. The third-order valence-electron chi connectivity index (χ3n) is 4.93. The van der Waals surface area contributed by atoms with Crippen molar-refractivity contribution in [3.05, 3.63) is 30.4 Å². The molecule has 0 bridgehead atoms. The maximum Gasteiger partial charge on any atom is 0.404 e. The molecular weight excluding hydrogens is 413 g/mol. The number of unbranched alkanes of at least 4 members (excludes halogenated alkanes) is 1. The van der Waals surface area contributed by atoms with Crippen molar-refractivity contribution in [3.63, 3.8) is 0 Å². The Hall–Kier alpha value is -2.05. The minimum atomic E-state index is -4.76. The zero-order chi connectivity index (χ0) is 21.1. The van der Waals surface area contributed by atoms with Gasteiger partial charge in [0.05, 0.1) is 5.75 Å². The van der Waals surface area contributed by atoms with Crippen molar-refractivity contribution in [2.75, 3.05) is 32.6 Å². The number of alkyl halides is 3. The summed E-state index contributed by atoms with van der Waals surface area (Å²) in [6.45, 7) is -0.657. The van der Waals surface area contributed by atoms with E-state index >= 15 is 0 Å². The first-order chi connectivity index (χ1) is 13.7. The molecule has 8 nitrogen and oxygen atoms in total. The predicted molar refractivity (Wildman–Crippen MR) is 96.3 cm³/mol. The summed E-state index contributed by atoms with van der Waals surface area (Å²) < 4.78 is 77.9. The molecule has 0 aromatic carbocycles. The second kappa shape index (κ2) is 8.36. The molecular formula is C17H21F3N4O4S. The van der Waals surface area contributed by atoms with Crippen LogP contribution in [0.25, 0.3) is 11.4 Å². The molecule has 1 aliphatic heterocycles. The van der Waals surface area contributed by atoms with Crippen LogP contribution in [-0.4, -0.2) is 66.6 Å². The van der Waals surface area contributed by atoms with E-state index in [0.717, 1.165) is 4.31 Å². The molecule has 12 heteroatoms. The fraction of sp³-hybridized carbons (Fsp3) is 0.588. The lowest BCUT2D eigenvalue weighted by Crippen LogP contribution is -2.46. The van der Waals surface area contributed by atoms with Gasteiger partial charge in [-0.2, -0.15) is 18.2 Å². The molecule has 0 N–H and O–H groups in total. The lowest BCUT2D eigenvalue weighted by atomic mass is 9.86. The normalized spacial score (nSPS) is 21.0. The van der Waals surface area contributed by atoms with Gasteiger partial charge >= 0.3 is 6.18 Å². The molecule has 29 heavy (non-hydrogen) atoms. The number of rotatable bonds is 8. The summed E-state index contributed by atoms with van der Waals surface area (Å²) in [6, 6.07) is 3.19. The summed E-state index contributed by atoms with van der Waals surface area (Å²) in [5.41, 5.74) is -2.14. The van der Waals surface area contributed by atoms with Crippen LogP contribution in [0.2, 0.25) is 0 Å². The van der Waals surface area contributed by atoms with Crippen molar-refractivity contribution in [2.45, 2.75) is 30.9 Å². The van der Waals surface area contributed by atoms with Crippen LogP contribution in [0.1, 0.15) is 25.2 Å². The van der Waals surface area contributed by atoms with Crippen molar-refractivity contribution >= 4 is 10.0 Å². The zero-order valence-electron chi connectivity index (χ0n) is 15.7. The largest absolute Gasteiger partial charge is 0.404 e. The summed E-state index contributed by atoms with van der Waals surface area (Å²) in [6.07, 6.45) is -1.52. The molecule has 1 saturated heterocycles. The lowest BCUT2D eigenvalue weighted by Gasteiger charge is -2.27. The lowest BCUT2D eigenvalue weighted by molar-refractivity contribution is -0.192. The molecule has 1 atom stereocenters. The number of aromatic nitrogens is 3. The van der Waals surface area contributed by atoms with E-state index in [-0.39, 0.29) is 18.1 Å². The van der Waals surface area contributed by atoms with E-state index < -0.39 is 40.5 Å². The Morgan fingerprint density at radius 2 is 2.14 bits per heavy atom. The Morgan fingerprint density at radius 3 is 2.79 bits per heavy atom. The van der Waals surface area contributed by atoms with E-state index in [0.29, 0.717) is 25.0 Å². The van der Waals surface area contributed by atoms with E-state index in [1.165, 1.54) is 19.5 Å². The Morgan fingerprint density at radius 1 is 1.34 bits per heavy atom. The average molecular weight is 434 g/mol. The van der Waals surface area contributed by atoms with Crippen molar-refractivity contribution in [3.8, 4) is 11.4 Å². The molecule has 1 unspecified atom stereocenters. The summed E-state index contributed by atoms with van der Waals surface area (Å²) in [5.74, 6) is -0.909. The van der Waals surface area contributed by atoms with Crippen LogP contribution in [0.4, 0.5) is 13.2 Å². The number of methoxy groups -OCH3 is 1. The van der Waals surface area contributed by atoms with E-state index in [1.54, 1.807) is 12.1 Å². The van der Waals surface area contributed by atoms with Crippen molar-refractivity contribution in [1.82, 2.24) is 19.4 Å². The number of sulfonamides is 1. The summed E-state index contributed by atoms with van der Waals surface area (Å²) in [4.78, 5) is 7.81. The Labute approximate surface area is 166 Å². The third kappa shape index (κ3) is 4.43. The fourth-order valence-corrected chi connectivity index (χ4v) is 4.84. The van der Waals surface area contributed by atoms with Crippen LogP contribution in [0, 0.1) is 0 Å². The number of nitrogens with zero attached hydrogens (tertiary/aromatic N) is 4. The molecule has 0 saturated carbocycles. The van der Waals surface area contributed by atoms with Crippen LogP contribution >= 0.6 is 0 Å². The maximum absolute atomic E-state index is 14.0. The number of halogens is 3. The zero-order valence-corrected chi connectivity index (χ0v) is 16.5. The van der Waals surface area contributed by atoms with Crippen molar-refractivity contribution < 1.29 is 30.8 Å². The van der Waals surface area contributed by atoms with Gasteiger partial charge in [0.2, 0.25) is 21.7 Å². The van der Waals surface area contributed by atoms with Gasteiger partial charge in [-0.25, -0.2) is 12.7 Å². The van der Waals surface area contributed by atoms with E-state index in [4.69, 9.17) is 9.26 Å². The van der Waals surface area contributed by atoms with Crippen LogP contribution < -0.4 is 0 Å². The van der Waals surface area contributed by atoms with Gasteiger partial charge in [-0.3, -0.25) is 4.98 Å². The Balaban J connectivity index is 1.84. The standard InChI is InChI=1S/C17H21F3N4O4S/c1-27-9-2-3-10-29(25,26)24-8-6-16(12-24,17(18,19)20)15-22-14(23-28-15)13-5-4-7-21-11-13/h4-5,7,11H,2-3,6,8-10,12H2,1H3. The first kappa shape index (κ1) is 21.7.